The standard InChI is InChI=1S/C17H23N5O2/c18-17(8-9-17)22-11-13(20-21-22)15(12-5-2-1-3-6-12)19-16(23)14-7-4-10-24-14/h4,7,10-12,15H,1-3,5-6,8-9,18H2,(H,19,23)/t15-/m0/s1. The van der Waals surface area contributed by atoms with E-state index in [-0.39, 0.29) is 17.6 Å². The van der Waals surface area contributed by atoms with E-state index in [9.17, 15) is 4.79 Å². The lowest BCUT2D eigenvalue weighted by molar-refractivity contribution is 0.0882. The summed E-state index contributed by atoms with van der Waals surface area (Å²) >= 11 is 0. The summed E-state index contributed by atoms with van der Waals surface area (Å²) in [5.41, 5.74) is 6.61. The first-order chi connectivity index (χ1) is 11.7. The molecule has 2 saturated carbocycles. The van der Waals surface area contributed by atoms with Crippen molar-refractivity contribution >= 4 is 5.91 Å². The monoisotopic (exact) mass is 329 g/mol. The first kappa shape index (κ1) is 15.4. The van der Waals surface area contributed by atoms with Gasteiger partial charge in [-0.15, -0.1) is 5.10 Å². The summed E-state index contributed by atoms with van der Waals surface area (Å²) < 4.78 is 6.96. The predicted molar refractivity (Wildman–Crippen MR) is 86.9 cm³/mol. The molecule has 2 fully saturated rings. The van der Waals surface area contributed by atoms with E-state index in [1.165, 1.54) is 25.5 Å². The molecule has 0 spiro atoms. The van der Waals surface area contributed by atoms with E-state index in [0.717, 1.165) is 31.4 Å². The van der Waals surface area contributed by atoms with Crippen molar-refractivity contribution < 1.29 is 9.21 Å². The minimum atomic E-state index is -0.382. The number of nitrogens with one attached hydrogen (secondary N) is 1. The topological polar surface area (TPSA) is 99.0 Å². The van der Waals surface area contributed by atoms with Crippen LogP contribution in [0.5, 0.6) is 0 Å². The minimum Gasteiger partial charge on any atom is -0.459 e. The van der Waals surface area contributed by atoms with Gasteiger partial charge >= 0.3 is 0 Å². The van der Waals surface area contributed by atoms with Crippen molar-refractivity contribution in [3.63, 3.8) is 0 Å². The highest BCUT2D eigenvalue weighted by atomic mass is 16.3. The van der Waals surface area contributed by atoms with E-state index >= 15 is 0 Å². The molecule has 0 aliphatic heterocycles. The highest BCUT2D eigenvalue weighted by Gasteiger charge is 2.42. The summed E-state index contributed by atoms with van der Waals surface area (Å²) in [5.74, 6) is 0.482. The second kappa shape index (κ2) is 6.05. The molecule has 7 heteroatoms. The number of carbonyl (C=O) groups excluding carboxylic acids is 1. The van der Waals surface area contributed by atoms with E-state index in [2.05, 4.69) is 15.6 Å². The van der Waals surface area contributed by atoms with Crippen molar-refractivity contribution in [3.05, 3.63) is 36.0 Å². The summed E-state index contributed by atoms with van der Waals surface area (Å²) in [6.07, 6.45) is 11.0. The third-order valence-corrected chi connectivity index (χ3v) is 5.20. The highest BCUT2D eigenvalue weighted by molar-refractivity contribution is 5.91. The molecule has 128 valence electrons. The van der Waals surface area contributed by atoms with Gasteiger partial charge in [0.15, 0.2) is 5.76 Å². The van der Waals surface area contributed by atoms with Crippen LogP contribution in [0.1, 0.15) is 67.2 Å². The van der Waals surface area contributed by atoms with Gasteiger partial charge in [-0.05, 0) is 43.7 Å². The van der Waals surface area contributed by atoms with Crippen molar-refractivity contribution in [2.24, 2.45) is 11.7 Å². The van der Waals surface area contributed by atoms with Gasteiger partial charge in [0, 0.05) is 0 Å². The number of hydrogen-bond acceptors (Lipinski definition) is 5. The third-order valence-electron chi connectivity index (χ3n) is 5.20. The van der Waals surface area contributed by atoms with Crippen molar-refractivity contribution in [2.75, 3.05) is 0 Å². The second-order valence-corrected chi connectivity index (χ2v) is 7.02. The number of amides is 1. The van der Waals surface area contributed by atoms with Crippen LogP contribution in [0.3, 0.4) is 0 Å². The molecule has 0 saturated heterocycles. The minimum absolute atomic E-state index is 0.154. The van der Waals surface area contributed by atoms with Crippen LogP contribution >= 0.6 is 0 Å². The Morgan fingerprint density at radius 3 is 2.83 bits per heavy atom. The van der Waals surface area contributed by atoms with Gasteiger partial charge in [-0.2, -0.15) is 0 Å². The Kier molecular flexibility index (Phi) is 3.88. The molecule has 2 heterocycles. The molecule has 2 aliphatic rings. The fraction of sp³-hybridized carbons (Fsp3) is 0.588. The zero-order valence-corrected chi connectivity index (χ0v) is 13.6. The molecule has 7 nitrogen and oxygen atoms in total. The highest BCUT2D eigenvalue weighted by Crippen LogP contribution is 2.38. The number of furan rings is 1. The average Bonchev–Trinajstić information content (AvgIpc) is 3.04. The Balaban J connectivity index is 1.57. The molecule has 0 bridgehead atoms. The van der Waals surface area contributed by atoms with Gasteiger partial charge < -0.3 is 15.5 Å². The molecule has 1 atom stereocenters. The lowest BCUT2D eigenvalue weighted by Crippen LogP contribution is -2.34. The van der Waals surface area contributed by atoms with Gasteiger partial charge in [0.05, 0.1) is 18.5 Å². The summed E-state index contributed by atoms with van der Waals surface area (Å²) in [4.78, 5) is 12.5. The lowest BCUT2D eigenvalue weighted by Gasteiger charge is -2.29. The molecule has 0 unspecified atom stereocenters. The van der Waals surface area contributed by atoms with Gasteiger partial charge in [0.1, 0.15) is 11.4 Å². The molecule has 0 aromatic carbocycles. The molecule has 4 rings (SSSR count). The number of carbonyl (C=O) groups is 1. The Labute approximate surface area is 140 Å². The fourth-order valence-electron chi connectivity index (χ4n) is 3.51. The summed E-state index contributed by atoms with van der Waals surface area (Å²) in [6, 6.07) is 3.23. The molecule has 2 aromatic heterocycles. The largest absolute Gasteiger partial charge is 0.459 e. The van der Waals surface area contributed by atoms with E-state index in [4.69, 9.17) is 10.2 Å². The molecular weight excluding hydrogens is 306 g/mol. The van der Waals surface area contributed by atoms with E-state index in [1.807, 2.05) is 6.20 Å². The maximum atomic E-state index is 12.5. The van der Waals surface area contributed by atoms with Crippen LogP contribution < -0.4 is 11.1 Å². The van der Waals surface area contributed by atoms with Crippen molar-refractivity contribution in [3.8, 4) is 0 Å². The normalized spacial score (nSPS) is 21.4. The Hall–Kier alpha value is -2.15. The maximum absolute atomic E-state index is 12.5. The maximum Gasteiger partial charge on any atom is 0.287 e. The molecule has 1 amide bonds. The summed E-state index contributed by atoms with van der Waals surface area (Å²) in [7, 11) is 0. The van der Waals surface area contributed by atoms with Crippen molar-refractivity contribution in [2.45, 2.75) is 56.7 Å². The number of hydrogen-bond donors (Lipinski definition) is 2. The van der Waals surface area contributed by atoms with Crippen LogP contribution in [-0.2, 0) is 5.66 Å². The van der Waals surface area contributed by atoms with Crippen LogP contribution in [0.4, 0.5) is 0 Å². The zero-order valence-electron chi connectivity index (χ0n) is 13.6. The van der Waals surface area contributed by atoms with Gasteiger partial charge in [0.2, 0.25) is 0 Å². The first-order valence-electron chi connectivity index (χ1n) is 8.72. The van der Waals surface area contributed by atoms with E-state index < -0.39 is 0 Å². The first-order valence-corrected chi connectivity index (χ1v) is 8.72. The van der Waals surface area contributed by atoms with Crippen LogP contribution in [0.15, 0.2) is 29.0 Å². The fourth-order valence-corrected chi connectivity index (χ4v) is 3.51. The van der Waals surface area contributed by atoms with Crippen molar-refractivity contribution in [1.29, 1.82) is 0 Å². The van der Waals surface area contributed by atoms with Gasteiger partial charge in [-0.3, -0.25) is 4.79 Å². The Morgan fingerprint density at radius 1 is 1.38 bits per heavy atom. The molecule has 3 N–H and O–H groups in total. The van der Waals surface area contributed by atoms with Crippen molar-refractivity contribution in [1.82, 2.24) is 20.3 Å². The van der Waals surface area contributed by atoms with Gasteiger partial charge in [-0.25, -0.2) is 4.68 Å². The third kappa shape index (κ3) is 2.96. The van der Waals surface area contributed by atoms with E-state index in [0.29, 0.717) is 11.7 Å². The number of rotatable bonds is 5. The molecule has 0 radical (unpaired) electrons. The quantitative estimate of drug-likeness (QED) is 0.877. The second-order valence-electron chi connectivity index (χ2n) is 7.02. The zero-order chi connectivity index (χ0) is 16.6. The smallest absolute Gasteiger partial charge is 0.287 e. The van der Waals surface area contributed by atoms with Crippen LogP contribution in [0.25, 0.3) is 0 Å². The number of aromatic nitrogens is 3. The Morgan fingerprint density at radius 2 is 2.17 bits per heavy atom. The number of nitrogens with two attached hydrogens (primary N) is 1. The van der Waals surface area contributed by atoms with Gasteiger partial charge in [-0.1, -0.05) is 24.5 Å². The van der Waals surface area contributed by atoms with E-state index in [1.54, 1.807) is 16.8 Å². The molecule has 24 heavy (non-hydrogen) atoms. The predicted octanol–water partition coefficient (Wildman–Crippen LogP) is 2.33. The summed E-state index contributed by atoms with van der Waals surface area (Å²) in [6.45, 7) is 0. The summed E-state index contributed by atoms with van der Waals surface area (Å²) in [5, 5.41) is 11.6. The molecule has 2 aromatic rings. The van der Waals surface area contributed by atoms with Crippen LogP contribution in [0, 0.1) is 5.92 Å². The van der Waals surface area contributed by atoms with Crippen LogP contribution in [-0.4, -0.2) is 20.9 Å². The van der Waals surface area contributed by atoms with Gasteiger partial charge in [0.25, 0.3) is 5.91 Å². The SMILES string of the molecule is NC1(n2cc([C@@H](NC(=O)c3ccco3)C3CCCCC3)nn2)CC1. The number of nitrogens with zero attached hydrogens (tertiary/aromatic N) is 3. The lowest BCUT2D eigenvalue weighted by atomic mass is 9.82. The Bertz CT molecular complexity index is 698. The van der Waals surface area contributed by atoms with Crippen LogP contribution in [0.2, 0.25) is 0 Å². The molecule has 2 aliphatic carbocycles. The average molecular weight is 329 g/mol. The molecular formula is C17H23N5O2.